The first-order valence-electron chi connectivity index (χ1n) is 9.45. The number of aliphatic imine (C=N–C) groups is 1. The van der Waals surface area contributed by atoms with Gasteiger partial charge in [-0.2, -0.15) is 5.10 Å². The Kier molecular flexibility index (Phi) is 5.38. The number of carbonyl (C=O) groups is 1. The number of benzene rings is 1. The number of rotatable bonds is 5. The molecule has 0 saturated carbocycles. The van der Waals surface area contributed by atoms with Crippen molar-refractivity contribution < 1.29 is 9.18 Å². The van der Waals surface area contributed by atoms with E-state index < -0.39 is 5.54 Å². The number of halogens is 1. The second kappa shape index (κ2) is 7.98. The van der Waals surface area contributed by atoms with E-state index in [4.69, 9.17) is 5.73 Å². The van der Waals surface area contributed by atoms with E-state index in [0.717, 1.165) is 11.3 Å². The van der Waals surface area contributed by atoms with Crippen LogP contribution in [-0.2, 0) is 19.0 Å². The van der Waals surface area contributed by atoms with Crippen LogP contribution in [0.25, 0.3) is 11.3 Å². The first-order chi connectivity index (χ1) is 14.3. The molecule has 1 aliphatic heterocycles. The number of hydrogen-bond acceptors (Lipinski definition) is 7. The van der Waals surface area contributed by atoms with E-state index in [1.807, 2.05) is 20.2 Å². The second-order valence-corrected chi connectivity index (χ2v) is 8.54. The van der Waals surface area contributed by atoms with Crippen molar-refractivity contribution in [3.05, 3.63) is 65.6 Å². The van der Waals surface area contributed by atoms with E-state index in [1.54, 1.807) is 29.2 Å². The predicted molar refractivity (Wildman–Crippen MR) is 115 cm³/mol. The zero-order valence-corrected chi connectivity index (χ0v) is 17.5. The summed E-state index contributed by atoms with van der Waals surface area (Å²) in [6.07, 6.45) is 7.29. The number of thioether (sulfide) groups is 1. The van der Waals surface area contributed by atoms with E-state index in [0.29, 0.717) is 28.4 Å². The molecule has 2 aromatic heterocycles. The van der Waals surface area contributed by atoms with Gasteiger partial charge in [0.1, 0.15) is 11.5 Å². The zero-order valence-electron chi connectivity index (χ0n) is 16.7. The standard InChI is InChI=1S/C21H21FN6OS/c1-21(5-6-30-20(23)27-21)15-7-13(3-4-16(15)22)8-19(29)18-11-24-17(10-25-18)14-9-26-28(2)12-14/h3-4,7,9-12H,5-6,8H2,1-2H3,(H2,23,27)/t21-/m0/s1. The molecule has 3 heterocycles. The molecular weight excluding hydrogens is 403 g/mol. The largest absolute Gasteiger partial charge is 0.379 e. The van der Waals surface area contributed by atoms with Crippen molar-refractivity contribution in [1.29, 1.82) is 0 Å². The van der Waals surface area contributed by atoms with Crippen molar-refractivity contribution >= 4 is 22.7 Å². The van der Waals surface area contributed by atoms with Crippen LogP contribution in [0.5, 0.6) is 0 Å². The first kappa shape index (κ1) is 20.2. The van der Waals surface area contributed by atoms with Crippen LogP contribution in [0.15, 0.2) is 48.0 Å². The Bertz CT molecular complexity index is 1130. The molecule has 0 spiro atoms. The van der Waals surface area contributed by atoms with Gasteiger partial charge >= 0.3 is 0 Å². The van der Waals surface area contributed by atoms with E-state index in [-0.39, 0.29) is 23.7 Å². The maximum absolute atomic E-state index is 14.6. The number of Topliss-reactive ketones (excluding diaryl/α,β-unsaturated/α-hetero) is 1. The molecule has 0 aliphatic carbocycles. The minimum Gasteiger partial charge on any atom is -0.379 e. The molecule has 0 amide bonds. The minimum atomic E-state index is -0.732. The highest BCUT2D eigenvalue weighted by Crippen LogP contribution is 2.36. The Morgan fingerprint density at radius 3 is 2.80 bits per heavy atom. The Morgan fingerprint density at radius 1 is 1.30 bits per heavy atom. The summed E-state index contributed by atoms with van der Waals surface area (Å²) in [6.45, 7) is 1.87. The predicted octanol–water partition coefficient (Wildman–Crippen LogP) is 3.11. The van der Waals surface area contributed by atoms with E-state index in [2.05, 4.69) is 20.1 Å². The number of nitrogens with zero attached hydrogens (tertiary/aromatic N) is 5. The van der Waals surface area contributed by atoms with Crippen LogP contribution in [0.4, 0.5) is 4.39 Å². The van der Waals surface area contributed by atoms with E-state index in [9.17, 15) is 9.18 Å². The van der Waals surface area contributed by atoms with Crippen molar-refractivity contribution in [2.75, 3.05) is 5.75 Å². The molecule has 3 aromatic rings. The molecule has 7 nitrogen and oxygen atoms in total. The highest BCUT2D eigenvalue weighted by molar-refractivity contribution is 8.13. The third kappa shape index (κ3) is 4.11. The number of carbonyl (C=O) groups excluding carboxylic acids is 1. The summed E-state index contributed by atoms with van der Waals surface area (Å²) < 4.78 is 16.2. The Hall–Kier alpha value is -3.07. The molecular formula is C21H21FN6OS. The molecule has 154 valence electrons. The van der Waals surface area contributed by atoms with Crippen molar-refractivity contribution in [3.63, 3.8) is 0 Å². The third-order valence-corrected chi connectivity index (χ3v) is 5.90. The summed E-state index contributed by atoms with van der Waals surface area (Å²) in [5.41, 5.74) is 8.01. The summed E-state index contributed by atoms with van der Waals surface area (Å²) in [4.78, 5) is 25.7. The van der Waals surface area contributed by atoms with Crippen LogP contribution in [-0.4, -0.2) is 36.5 Å². The van der Waals surface area contributed by atoms with Gasteiger partial charge in [-0.3, -0.25) is 19.5 Å². The minimum absolute atomic E-state index is 0.0955. The first-order valence-corrected chi connectivity index (χ1v) is 10.4. The van der Waals surface area contributed by atoms with Crippen LogP contribution in [0.1, 0.15) is 35.0 Å². The van der Waals surface area contributed by atoms with Gasteiger partial charge in [0.15, 0.2) is 11.0 Å². The van der Waals surface area contributed by atoms with Gasteiger partial charge in [0, 0.05) is 36.5 Å². The summed E-state index contributed by atoms with van der Waals surface area (Å²) >= 11 is 1.46. The lowest BCUT2D eigenvalue weighted by Crippen LogP contribution is -2.29. The fraction of sp³-hybridized carbons (Fsp3) is 0.286. The van der Waals surface area contributed by atoms with Crippen LogP contribution in [0.2, 0.25) is 0 Å². The molecule has 2 N–H and O–H groups in total. The van der Waals surface area contributed by atoms with Crippen molar-refractivity contribution in [2.24, 2.45) is 17.8 Å². The molecule has 1 aromatic carbocycles. The third-order valence-electron chi connectivity index (χ3n) is 5.11. The molecule has 0 saturated heterocycles. The Labute approximate surface area is 177 Å². The average molecular weight is 425 g/mol. The number of hydrogen-bond donors (Lipinski definition) is 1. The summed E-state index contributed by atoms with van der Waals surface area (Å²) in [5.74, 6) is 0.232. The van der Waals surface area contributed by atoms with Gasteiger partial charge in [-0.05, 0) is 31.0 Å². The summed E-state index contributed by atoms with van der Waals surface area (Å²) in [5, 5.41) is 4.56. The normalized spacial score (nSPS) is 18.8. The van der Waals surface area contributed by atoms with Crippen LogP contribution < -0.4 is 5.73 Å². The number of nitrogens with two attached hydrogens (primary N) is 1. The number of aryl methyl sites for hydroxylation is 1. The molecule has 0 unspecified atom stereocenters. The molecule has 30 heavy (non-hydrogen) atoms. The quantitative estimate of drug-likeness (QED) is 0.632. The number of ketones is 1. The molecule has 0 radical (unpaired) electrons. The molecule has 4 rings (SSSR count). The molecule has 1 atom stereocenters. The molecule has 1 aliphatic rings. The summed E-state index contributed by atoms with van der Waals surface area (Å²) in [6, 6.07) is 4.70. The molecule has 9 heteroatoms. The highest BCUT2D eigenvalue weighted by Gasteiger charge is 2.32. The highest BCUT2D eigenvalue weighted by atomic mass is 32.2. The van der Waals surface area contributed by atoms with Crippen molar-refractivity contribution in [1.82, 2.24) is 19.7 Å². The van der Waals surface area contributed by atoms with Crippen molar-refractivity contribution in [3.8, 4) is 11.3 Å². The Morgan fingerprint density at radius 2 is 2.13 bits per heavy atom. The maximum atomic E-state index is 14.6. The van der Waals surface area contributed by atoms with Gasteiger partial charge in [-0.25, -0.2) is 9.37 Å². The van der Waals surface area contributed by atoms with E-state index >= 15 is 0 Å². The maximum Gasteiger partial charge on any atom is 0.187 e. The van der Waals surface area contributed by atoms with Gasteiger partial charge in [0.25, 0.3) is 0 Å². The van der Waals surface area contributed by atoms with Gasteiger partial charge < -0.3 is 5.73 Å². The zero-order chi connectivity index (χ0) is 21.3. The monoisotopic (exact) mass is 424 g/mol. The second-order valence-electron chi connectivity index (χ2n) is 7.43. The van der Waals surface area contributed by atoms with Crippen molar-refractivity contribution in [2.45, 2.75) is 25.3 Å². The topological polar surface area (TPSA) is 99.0 Å². The van der Waals surface area contributed by atoms with Crippen LogP contribution in [0.3, 0.4) is 0 Å². The van der Waals surface area contributed by atoms with Gasteiger partial charge in [0.05, 0.1) is 29.8 Å². The van der Waals surface area contributed by atoms with Gasteiger partial charge in [0.2, 0.25) is 0 Å². The smallest absolute Gasteiger partial charge is 0.187 e. The average Bonchev–Trinajstić information content (AvgIpc) is 3.15. The van der Waals surface area contributed by atoms with E-state index in [1.165, 1.54) is 24.0 Å². The lowest BCUT2D eigenvalue weighted by Gasteiger charge is -2.30. The Balaban J connectivity index is 1.54. The van der Waals surface area contributed by atoms with Crippen LogP contribution >= 0.6 is 11.8 Å². The molecule has 0 fully saturated rings. The fourth-order valence-electron chi connectivity index (χ4n) is 3.43. The molecule has 0 bridgehead atoms. The number of aromatic nitrogens is 4. The number of amidine groups is 1. The van der Waals surface area contributed by atoms with Crippen LogP contribution in [0, 0.1) is 5.82 Å². The fourth-order valence-corrected chi connectivity index (χ4v) is 4.40. The lowest BCUT2D eigenvalue weighted by molar-refractivity contribution is 0.0987. The van der Waals surface area contributed by atoms with Gasteiger partial charge in [-0.15, -0.1) is 0 Å². The SMILES string of the molecule is Cn1cc(-c2cnc(C(=O)Cc3ccc(F)c([C@]4(C)CCSC(N)=N4)c3)cn2)cn1. The lowest BCUT2D eigenvalue weighted by atomic mass is 9.87. The van der Waals surface area contributed by atoms with Gasteiger partial charge in [-0.1, -0.05) is 17.8 Å². The summed E-state index contributed by atoms with van der Waals surface area (Å²) in [7, 11) is 1.82.